The van der Waals surface area contributed by atoms with Gasteiger partial charge in [0.05, 0.1) is 17.3 Å². The number of carbonyl (C=O) groups is 3. The van der Waals surface area contributed by atoms with Crippen LogP contribution in [0.2, 0.25) is 0 Å². The minimum Gasteiger partial charge on any atom is -0.353 e. The van der Waals surface area contributed by atoms with E-state index in [1.807, 2.05) is 6.20 Å². The number of imide groups is 1. The highest BCUT2D eigenvalue weighted by Crippen LogP contribution is 2.22. The average molecular weight is 338 g/mol. The third-order valence-electron chi connectivity index (χ3n) is 4.83. The van der Waals surface area contributed by atoms with Crippen molar-refractivity contribution in [2.45, 2.75) is 31.7 Å². The molecule has 1 atom stereocenters. The number of nitrogens with one attached hydrogen (secondary N) is 2. The van der Waals surface area contributed by atoms with Crippen LogP contribution >= 0.6 is 0 Å². The fourth-order valence-electron chi connectivity index (χ4n) is 3.49. The van der Waals surface area contributed by atoms with Gasteiger partial charge in [0.1, 0.15) is 0 Å². The molecule has 0 spiro atoms. The van der Waals surface area contributed by atoms with E-state index in [-0.39, 0.29) is 36.7 Å². The first-order valence-corrected chi connectivity index (χ1v) is 8.39. The number of hydrogen-bond donors (Lipinski definition) is 2. The van der Waals surface area contributed by atoms with Crippen LogP contribution in [0.3, 0.4) is 0 Å². The normalized spacial score (nSPS) is 18.9. The Labute approximate surface area is 144 Å². The molecule has 1 aromatic carbocycles. The summed E-state index contributed by atoms with van der Waals surface area (Å²) in [6.45, 7) is 0.0974. The van der Waals surface area contributed by atoms with Crippen LogP contribution in [0, 0.1) is 0 Å². The smallest absolute Gasteiger partial charge is 0.261 e. The number of nitrogens with zero attached hydrogens (tertiary/aromatic N) is 2. The van der Waals surface area contributed by atoms with Crippen molar-refractivity contribution in [1.82, 2.24) is 20.4 Å². The number of benzene rings is 1. The van der Waals surface area contributed by atoms with Crippen molar-refractivity contribution in [3.8, 4) is 0 Å². The number of H-pyrrole nitrogens is 1. The molecular weight excluding hydrogens is 320 g/mol. The van der Waals surface area contributed by atoms with Gasteiger partial charge in [-0.2, -0.15) is 5.10 Å². The molecule has 2 aromatic rings. The van der Waals surface area contributed by atoms with Crippen LogP contribution in [0.4, 0.5) is 0 Å². The molecule has 1 aliphatic heterocycles. The topological polar surface area (TPSA) is 95.2 Å². The van der Waals surface area contributed by atoms with Crippen LogP contribution in [-0.4, -0.2) is 45.4 Å². The van der Waals surface area contributed by atoms with E-state index in [1.165, 1.54) is 5.56 Å². The minimum atomic E-state index is -0.326. The van der Waals surface area contributed by atoms with Gasteiger partial charge in [-0.15, -0.1) is 0 Å². The Hall–Kier alpha value is -2.96. The van der Waals surface area contributed by atoms with Gasteiger partial charge in [-0.3, -0.25) is 24.4 Å². The number of aromatic amines is 1. The molecule has 4 rings (SSSR count). The van der Waals surface area contributed by atoms with E-state index >= 15 is 0 Å². The molecule has 128 valence electrons. The Kier molecular flexibility index (Phi) is 3.83. The van der Waals surface area contributed by atoms with Crippen LogP contribution in [0.1, 0.15) is 44.8 Å². The van der Waals surface area contributed by atoms with Gasteiger partial charge in [0, 0.05) is 31.1 Å². The molecular formula is C18H18N4O3. The minimum absolute atomic E-state index is 0.0580. The first-order chi connectivity index (χ1) is 12.1. The van der Waals surface area contributed by atoms with Crippen molar-refractivity contribution < 1.29 is 14.4 Å². The number of aryl methyl sites for hydroxylation is 1. The number of fused-ring (bicyclic) bond motifs is 2. The van der Waals surface area contributed by atoms with Crippen LogP contribution in [0.15, 0.2) is 30.5 Å². The maximum atomic E-state index is 12.3. The summed E-state index contributed by atoms with van der Waals surface area (Å²) in [6.07, 6.45) is 4.42. The number of hydrogen-bond acceptors (Lipinski definition) is 4. The highest BCUT2D eigenvalue weighted by Gasteiger charge is 2.35. The fourth-order valence-corrected chi connectivity index (χ4v) is 3.49. The van der Waals surface area contributed by atoms with Crippen molar-refractivity contribution >= 4 is 17.7 Å². The first kappa shape index (κ1) is 15.6. The number of rotatable bonds is 4. The molecule has 1 aromatic heterocycles. The lowest BCUT2D eigenvalue weighted by molar-refractivity contribution is -0.121. The second-order valence-corrected chi connectivity index (χ2v) is 6.44. The average Bonchev–Trinajstić information content (AvgIpc) is 3.17. The first-order valence-electron chi connectivity index (χ1n) is 8.39. The molecule has 7 heteroatoms. The van der Waals surface area contributed by atoms with E-state index in [0.717, 1.165) is 29.9 Å². The Morgan fingerprint density at radius 2 is 1.96 bits per heavy atom. The zero-order valence-corrected chi connectivity index (χ0v) is 13.6. The summed E-state index contributed by atoms with van der Waals surface area (Å²) >= 11 is 0. The van der Waals surface area contributed by atoms with Gasteiger partial charge in [0.25, 0.3) is 11.8 Å². The molecule has 0 bridgehead atoms. The quantitative estimate of drug-likeness (QED) is 0.815. The van der Waals surface area contributed by atoms with Crippen LogP contribution in [0.25, 0.3) is 0 Å². The third-order valence-corrected chi connectivity index (χ3v) is 4.83. The van der Waals surface area contributed by atoms with Crippen molar-refractivity contribution in [3.05, 3.63) is 52.8 Å². The second kappa shape index (κ2) is 6.16. The second-order valence-electron chi connectivity index (χ2n) is 6.44. The van der Waals surface area contributed by atoms with Gasteiger partial charge in [0.2, 0.25) is 5.91 Å². The molecule has 7 nitrogen and oxygen atoms in total. The van der Waals surface area contributed by atoms with E-state index in [4.69, 9.17) is 0 Å². The SMILES string of the molecule is O=C(CCN1C(=O)c2ccccc2C1=O)NC1CCc2cn[nH]c2C1. The predicted molar refractivity (Wildman–Crippen MR) is 89.0 cm³/mol. The van der Waals surface area contributed by atoms with Crippen molar-refractivity contribution in [3.63, 3.8) is 0 Å². The van der Waals surface area contributed by atoms with E-state index in [1.54, 1.807) is 24.3 Å². The van der Waals surface area contributed by atoms with Gasteiger partial charge in [0.15, 0.2) is 0 Å². The van der Waals surface area contributed by atoms with Gasteiger partial charge >= 0.3 is 0 Å². The molecule has 2 aliphatic rings. The molecule has 1 aliphatic carbocycles. The van der Waals surface area contributed by atoms with Crippen molar-refractivity contribution in [2.24, 2.45) is 0 Å². The maximum absolute atomic E-state index is 12.3. The monoisotopic (exact) mass is 338 g/mol. The van der Waals surface area contributed by atoms with Gasteiger partial charge in [-0.05, 0) is 30.5 Å². The van der Waals surface area contributed by atoms with Crippen molar-refractivity contribution in [1.29, 1.82) is 0 Å². The summed E-state index contributed by atoms with van der Waals surface area (Å²) < 4.78 is 0. The fraction of sp³-hybridized carbons (Fsp3) is 0.333. The summed E-state index contributed by atoms with van der Waals surface area (Å²) in [7, 11) is 0. The van der Waals surface area contributed by atoms with Gasteiger partial charge in [-0.25, -0.2) is 0 Å². The Balaban J connectivity index is 1.33. The van der Waals surface area contributed by atoms with E-state index in [0.29, 0.717) is 11.1 Å². The highest BCUT2D eigenvalue weighted by atomic mass is 16.2. The summed E-state index contributed by atoms with van der Waals surface area (Å²) in [5.41, 5.74) is 3.09. The zero-order chi connectivity index (χ0) is 17.4. The summed E-state index contributed by atoms with van der Waals surface area (Å²) in [5, 5.41) is 9.97. The Bertz CT molecular complexity index is 823. The molecule has 2 heterocycles. The maximum Gasteiger partial charge on any atom is 0.261 e. The largest absolute Gasteiger partial charge is 0.353 e. The van der Waals surface area contributed by atoms with Crippen LogP contribution < -0.4 is 5.32 Å². The van der Waals surface area contributed by atoms with E-state index < -0.39 is 0 Å². The van der Waals surface area contributed by atoms with Gasteiger partial charge in [-0.1, -0.05) is 12.1 Å². The number of aromatic nitrogens is 2. The molecule has 0 radical (unpaired) electrons. The number of amides is 3. The Morgan fingerprint density at radius 1 is 1.24 bits per heavy atom. The molecule has 3 amide bonds. The lowest BCUT2D eigenvalue weighted by Gasteiger charge is -2.23. The van der Waals surface area contributed by atoms with Crippen LogP contribution in [-0.2, 0) is 17.6 Å². The van der Waals surface area contributed by atoms with E-state index in [9.17, 15) is 14.4 Å². The zero-order valence-electron chi connectivity index (χ0n) is 13.6. The molecule has 0 saturated heterocycles. The lowest BCUT2D eigenvalue weighted by atomic mass is 9.94. The summed E-state index contributed by atoms with van der Waals surface area (Å²) in [5.74, 6) is -0.800. The van der Waals surface area contributed by atoms with Gasteiger partial charge < -0.3 is 5.32 Å². The number of carbonyl (C=O) groups excluding carboxylic acids is 3. The van der Waals surface area contributed by atoms with E-state index in [2.05, 4.69) is 15.5 Å². The molecule has 25 heavy (non-hydrogen) atoms. The predicted octanol–water partition coefficient (Wildman–Crippen LogP) is 1.07. The van der Waals surface area contributed by atoms with Crippen molar-refractivity contribution in [2.75, 3.05) is 6.54 Å². The highest BCUT2D eigenvalue weighted by molar-refractivity contribution is 6.21. The molecule has 0 saturated carbocycles. The summed E-state index contributed by atoms with van der Waals surface area (Å²) in [4.78, 5) is 37.9. The summed E-state index contributed by atoms with van der Waals surface area (Å²) in [6, 6.07) is 6.79. The molecule has 1 unspecified atom stereocenters. The standard InChI is InChI=1S/C18H18N4O3/c23-16(20-12-6-5-11-10-19-21-15(11)9-12)7-8-22-17(24)13-3-1-2-4-14(13)18(22)25/h1-4,10,12H,5-9H2,(H,19,21)(H,20,23). The molecule has 0 fully saturated rings. The van der Waals surface area contributed by atoms with Crippen LogP contribution in [0.5, 0.6) is 0 Å². The molecule has 2 N–H and O–H groups in total. The Morgan fingerprint density at radius 3 is 2.68 bits per heavy atom. The lowest BCUT2D eigenvalue weighted by Crippen LogP contribution is -2.41. The third kappa shape index (κ3) is 2.82.